The van der Waals surface area contributed by atoms with E-state index in [9.17, 15) is 9.18 Å². The van der Waals surface area contributed by atoms with E-state index in [4.69, 9.17) is 4.74 Å². The number of rotatable bonds is 2. The van der Waals surface area contributed by atoms with Gasteiger partial charge in [0.15, 0.2) is 6.10 Å². The number of ether oxygens (including phenoxy) is 1. The number of alkyl halides is 1. The van der Waals surface area contributed by atoms with Gasteiger partial charge < -0.3 is 10.1 Å². The summed E-state index contributed by atoms with van der Waals surface area (Å²) in [5, 5.41) is 2.42. The van der Waals surface area contributed by atoms with Gasteiger partial charge in [-0.1, -0.05) is 28.1 Å². The second kappa shape index (κ2) is 4.18. The second-order valence-corrected chi connectivity index (χ2v) is 4.20. The van der Waals surface area contributed by atoms with Gasteiger partial charge in [0, 0.05) is 4.47 Å². The maximum atomic E-state index is 12.6. The van der Waals surface area contributed by atoms with E-state index in [2.05, 4.69) is 21.2 Å². The summed E-state index contributed by atoms with van der Waals surface area (Å²) in [6.45, 7) is -0.632. The zero-order chi connectivity index (χ0) is 10.8. The van der Waals surface area contributed by atoms with Crippen molar-refractivity contribution in [2.45, 2.75) is 12.1 Å². The fourth-order valence-electron chi connectivity index (χ4n) is 1.53. The Bertz CT molecular complexity index is 368. The molecule has 0 radical (unpaired) electrons. The summed E-state index contributed by atoms with van der Waals surface area (Å²) < 4.78 is 18.5. The highest BCUT2D eigenvalue weighted by Gasteiger charge is 2.34. The van der Waals surface area contributed by atoms with Gasteiger partial charge in [-0.3, -0.25) is 0 Å². The van der Waals surface area contributed by atoms with Crippen molar-refractivity contribution in [3.63, 3.8) is 0 Å². The molecule has 2 atom stereocenters. The number of hydrogen-bond acceptors (Lipinski definition) is 2. The van der Waals surface area contributed by atoms with Crippen LogP contribution in [0.1, 0.15) is 11.7 Å². The molecular formula is C10H9BrFNO2. The van der Waals surface area contributed by atoms with Gasteiger partial charge in [-0.2, -0.15) is 0 Å². The number of cyclic esters (lactones) is 1. The second-order valence-electron chi connectivity index (χ2n) is 3.28. The summed E-state index contributed by atoms with van der Waals surface area (Å²) >= 11 is 3.30. The van der Waals surface area contributed by atoms with Crippen molar-refractivity contribution in [1.82, 2.24) is 5.32 Å². The average Bonchev–Trinajstić information content (AvgIpc) is 2.61. The first-order valence-electron chi connectivity index (χ1n) is 4.49. The third-order valence-electron chi connectivity index (χ3n) is 2.27. The van der Waals surface area contributed by atoms with Crippen molar-refractivity contribution < 1.29 is 13.9 Å². The van der Waals surface area contributed by atoms with Crippen LogP contribution in [0, 0.1) is 0 Å². The van der Waals surface area contributed by atoms with Gasteiger partial charge in [-0.25, -0.2) is 9.18 Å². The number of hydrogen-bond donors (Lipinski definition) is 1. The lowest BCUT2D eigenvalue weighted by Crippen LogP contribution is -2.29. The molecule has 5 heteroatoms. The van der Waals surface area contributed by atoms with Crippen molar-refractivity contribution in [3.8, 4) is 0 Å². The quantitative estimate of drug-likeness (QED) is 0.900. The summed E-state index contributed by atoms with van der Waals surface area (Å²) in [5.74, 6) is 0. The van der Waals surface area contributed by atoms with Gasteiger partial charge in [-0.05, 0) is 17.7 Å². The minimum Gasteiger partial charge on any atom is -0.439 e. The van der Waals surface area contributed by atoms with Crippen molar-refractivity contribution >= 4 is 22.0 Å². The van der Waals surface area contributed by atoms with E-state index in [0.717, 1.165) is 10.0 Å². The van der Waals surface area contributed by atoms with Crippen LogP contribution in [0.25, 0.3) is 0 Å². The Morgan fingerprint density at radius 1 is 1.40 bits per heavy atom. The Balaban J connectivity index is 2.22. The molecule has 0 bridgehead atoms. The van der Waals surface area contributed by atoms with Crippen molar-refractivity contribution in [1.29, 1.82) is 0 Å². The van der Waals surface area contributed by atoms with Crippen molar-refractivity contribution in [2.75, 3.05) is 6.67 Å². The molecule has 2 rings (SSSR count). The van der Waals surface area contributed by atoms with E-state index in [1.807, 2.05) is 12.1 Å². The summed E-state index contributed by atoms with van der Waals surface area (Å²) in [7, 11) is 0. The molecule has 0 saturated carbocycles. The van der Waals surface area contributed by atoms with Crippen LogP contribution in [0.15, 0.2) is 28.7 Å². The predicted octanol–water partition coefficient (Wildman–Crippen LogP) is 2.57. The smallest absolute Gasteiger partial charge is 0.408 e. The number of carbonyl (C=O) groups excluding carboxylic acids is 1. The zero-order valence-electron chi connectivity index (χ0n) is 7.74. The number of carbonyl (C=O) groups is 1. The largest absolute Gasteiger partial charge is 0.439 e. The molecule has 3 nitrogen and oxygen atoms in total. The number of amides is 1. The van der Waals surface area contributed by atoms with Crippen molar-refractivity contribution in [3.05, 3.63) is 34.3 Å². The Morgan fingerprint density at radius 2 is 2.07 bits per heavy atom. The molecular weight excluding hydrogens is 265 g/mol. The normalized spacial score (nSPS) is 24.8. The van der Waals surface area contributed by atoms with Crippen LogP contribution in [-0.4, -0.2) is 18.8 Å². The van der Waals surface area contributed by atoms with E-state index in [-0.39, 0.29) is 0 Å². The van der Waals surface area contributed by atoms with Crippen LogP contribution >= 0.6 is 15.9 Å². The third-order valence-corrected chi connectivity index (χ3v) is 2.80. The summed E-state index contributed by atoms with van der Waals surface area (Å²) in [5.41, 5.74) is 0.791. The maximum absolute atomic E-state index is 12.6. The minimum absolute atomic E-state index is 0.532. The highest BCUT2D eigenvalue weighted by Crippen LogP contribution is 2.27. The molecule has 1 aromatic rings. The molecule has 80 valence electrons. The van der Waals surface area contributed by atoms with E-state index >= 15 is 0 Å². The van der Waals surface area contributed by atoms with E-state index in [0.29, 0.717) is 0 Å². The SMILES string of the molecule is O=C1N[C@H](CF)[C@@H](c2ccc(Br)cc2)O1. The van der Waals surface area contributed by atoms with Crippen molar-refractivity contribution in [2.24, 2.45) is 0 Å². The Kier molecular flexibility index (Phi) is 2.90. The lowest BCUT2D eigenvalue weighted by atomic mass is 10.0. The van der Waals surface area contributed by atoms with Crippen LogP contribution in [0.4, 0.5) is 9.18 Å². The van der Waals surface area contributed by atoms with Gasteiger partial charge >= 0.3 is 6.09 Å². The lowest BCUT2D eigenvalue weighted by Gasteiger charge is -2.13. The number of nitrogens with one attached hydrogen (secondary N) is 1. The maximum Gasteiger partial charge on any atom is 0.408 e. The van der Waals surface area contributed by atoms with Crippen LogP contribution in [0.3, 0.4) is 0 Å². The molecule has 1 amide bonds. The number of benzene rings is 1. The number of alkyl carbamates (subject to hydrolysis) is 1. The molecule has 1 aromatic carbocycles. The van der Waals surface area contributed by atoms with Gasteiger partial charge in [-0.15, -0.1) is 0 Å². The first-order valence-corrected chi connectivity index (χ1v) is 5.28. The monoisotopic (exact) mass is 273 g/mol. The van der Waals surface area contributed by atoms with Crippen LogP contribution in [-0.2, 0) is 4.74 Å². The molecule has 15 heavy (non-hydrogen) atoms. The molecule has 0 unspecified atom stereocenters. The first-order chi connectivity index (χ1) is 7.20. The molecule has 1 aliphatic rings. The highest BCUT2D eigenvalue weighted by atomic mass is 79.9. The van der Waals surface area contributed by atoms with Gasteiger partial charge in [0.2, 0.25) is 0 Å². The van der Waals surface area contributed by atoms with Crippen LogP contribution < -0.4 is 5.32 Å². The molecule has 1 aliphatic heterocycles. The summed E-state index contributed by atoms with van der Waals surface area (Å²) in [6, 6.07) is 6.68. The number of halogens is 2. The average molecular weight is 274 g/mol. The fraction of sp³-hybridized carbons (Fsp3) is 0.300. The Hall–Kier alpha value is -1.10. The van der Waals surface area contributed by atoms with E-state index in [1.165, 1.54) is 0 Å². The first kappa shape index (κ1) is 10.4. The summed E-state index contributed by atoms with van der Waals surface area (Å²) in [6.07, 6.45) is -1.10. The van der Waals surface area contributed by atoms with E-state index in [1.54, 1.807) is 12.1 Å². The summed E-state index contributed by atoms with van der Waals surface area (Å²) in [4.78, 5) is 11.0. The van der Waals surface area contributed by atoms with Crippen LogP contribution in [0.2, 0.25) is 0 Å². The molecule has 0 aromatic heterocycles. The molecule has 1 fully saturated rings. The Morgan fingerprint density at radius 3 is 2.67 bits per heavy atom. The minimum atomic E-state index is -0.632. The predicted molar refractivity (Wildman–Crippen MR) is 56.3 cm³/mol. The van der Waals surface area contributed by atoms with Gasteiger partial charge in [0.25, 0.3) is 0 Å². The van der Waals surface area contributed by atoms with E-state index < -0.39 is 24.9 Å². The highest BCUT2D eigenvalue weighted by molar-refractivity contribution is 9.10. The molecule has 1 saturated heterocycles. The lowest BCUT2D eigenvalue weighted by molar-refractivity contribution is 0.128. The Labute approximate surface area is 94.7 Å². The standard InChI is InChI=1S/C10H9BrFNO2/c11-7-3-1-6(2-4-7)9-8(5-12)13-10(14)15-9/h1-4,8-9H,5H2,(H,13,14)/t8-,9-/m1/s1. The molecule has 0 aliphatic carbocycles. The van der Waals surface area contributed by atoms with Crippen LogP contribution in [0.5, 0.6) is 0 Å². The van der Waals surface area contributed by atoms with Gasteiger partial charge in [0.1, 0.15) is 12.7 Å². The molecule has 1 N–H and O–H groups in total. The third kappa shape index (κ3) is 2.12. The topological polar surface area (TPSA) is 38.3 Å². The molecule has 1 heterocycles. The molecule has 0 spiro atoms. The van der Waals surface area contributed by atoms with Gasteiger partial charge in [0.05, 0.1) is 0 Å². The fourth-order valence-corrected chi connectivity index (χ4v) is 1.80. The zero-order valence-corrected chi connectivity index (χ0v) is 9.33.